The van der Waals surface area contributed by atoms with Gasteiger partial charge in [0.25, 0.3) is 5.56 Å². The van der Waals surface area contributed by atoms with Gasteiger partial charge in [-0.25, -0.2) is 4.98 Å². The highest BCUT2D eigenvalue weighted by molar-refractivity contribution is 7.21. The lowest BCUT2D eigenvalue weighted by Gasteiger charge is -2.02. The average molecular weight is 321 g/mol. The molecule has 6 heteroatoms. The Morgan fingerprint density at radius 3 is 2.65 bits per heavy atom. The number of primary amides is 1. The molecular weight excluding hydrogens is 310 g/mol. The number of aromatic nitrogens is 2. The summed E-state index contributed by atoms with van der Waals surface area (Å²) in [5.41, 5.74) is 6.89. The van der Waals surface area contributed by atoms with Crippen LogP contribution in [-0.2, 0) is 0 Å². The summed E-state index contributed by atoms with van der Waals surface area (Å²) in [4.78, 5) is 30.2. The summed E-state index contributed by atoms with van der Waals surface area (Å²) in [5.74, 6) is -0.575. The minimum absolute atomic E-state index is 0.202. The fourth-order valence-corrected chi connectivity index (χ4v) is 3.52. The lowest BCUT2D eigenvalue weighted by molar-refractivity contribution is 0.1000. The number of carbonyl (C=O) groups is 1. The highest BCUT2D eigenvalue weighted by atomic mass is 32.1. The number of fused-ring (bicyclic) bond motifs is 2. The monoisotopic (exact) mass is 321 g/mol. The van der Waals surface area contributed by atoms with Crippen LogP contribution in [0.15, 0.2) is 59.5 Å². The Morgan fingerprint density at radius 2 is 1.91 bits per heavy atom. The zero-order valence-electron chi connectivity index (χ0n) is 11.9. The van der Waals surface area contributed by atoms with E-state index in [0.29, 0.717) is 15.9 Å². The molecule has 0 aliphatic heterocycles. The van der Waals surface area contributed by atoms with E-state index in [-0.39, 0.29) is 11.1 Å². The molecule has 0 spiro atoms. The van der Waals surface area contributed by atoms with Gasteiger partial charge in [0.05, 0.1) is 10.9 Å². The van der Waals surface area contributed by atoms with Crippen LogP contribution in [0.25, 0.3) is 26.3 Å². The standard InChI is InChI=1S/C17H11N3O2S/c18-15(21)11-6-7-14-19-16-12(17(22)20(14)9-11)8-13(23-16)10-4-2-1-3-5-10/h1-9H,(H2,18,21). The van der Waals surface area contributed by atoms with Crippen LogP contribution in [0.4, 0.5) is 0 Å². The summed E-state index contributed by atoms with van der Waals surface area (Å²) in [6, 6.07) is 14.9. The van der Waals surface area contributed by atoms with Crippen LogP contribution < -0.4 is 11.3 Å². The van der Waals surface area contributed by atoms with Crippen LogP contribution in [0.3, 0.4) is 0 Å². The van der Waals surface area contributed by atoms with Crippen LogP contribution in [0.2, 0.25) is 0 Å². The van der Waals surface area contributed by atoms with Crippen molar-refractivity contribution in [1.82, 2.24) is 9.38 Å². The molecule has 112 valence electrons. The SMILES string of the molecule is NC(=O)c1ccc2nc3sc(-c4ccccc4)cc3c(=O)n2c1. The minimum Gasteiger partial charge on any atom is -0.366 e. The zero-order valence-corrected chi connectivity index (χ0v) is 12.7. The van der Waals surface area contributed by atoms with Gasteiger partial charge in [0.1, 0.15) is 10.5 Å². The Hall–Kier alpha value is -2.99. The third-order valence-corrected chi connectivity index (χ3v) is 4.73. The Kier molecular flexibility index (Phi) is 2.99. The van der Waals surface area contributed by atoms with Crippen LogP contribution in [0.1, 0.15) is 10.4 Å². The van der Waals surface area contributed by atoms with Crippen LogP contribution in [0, 0.1) is 0 Å². The van der Waals surface area contributed by atoms with Crippen molar-refractivity contribution in [3.8, 4) is 10.4 Å². The first-order chi connectivity index (χ1) is 11.1. The second-order valence-corrected chi connectivity index (χ2v) is 6.15. The molecule has 2 N–H and O–H groups in total. The van der Waals surface area contributed by atoms with Gasteiger partial charge in [0.15, 0.2) is 0 Å². The Morgan fingerprint density at radius 1 is 1.13 bits per heavy atom. The third kappa shape index (κ3) is 2.20. The largest absolute Gasteiger partial charge is 0.366 e. The number of rotatable bonds is 2. The second-order valence-electron chi connectivity index (χ2n) is 5.12. The first-order valence-corrected chi connectivity index (χ1v) is 7.76. The quantitative estimate of drug-likeness (QED) is 0.616. The Labute approximate surface area is 134 Å². The summed E-state index contributed by atoms with van der Waals surface area (Å²) in [5, 5.41) is 0.535. The molecular formula is C17H11N3O2S. The number of benzene rings is 1. The maximum Gasteiger partial charge on any atom is 0.266 e. The van der Waals surface area contributed by atoms with Crippen molar-refractivity contribution in [3.63, 3.8) is 0 Å². The topological polar surface area (TPSA) is 77.5 Å². The van der Waals surface area contributed by atoms with Crippen molar-refractivity contribution in [1.29, 1.82) is 0 Å². The average Bonchev–Trinajstić information content (AvgIpc) is 3.00. The molecule has 0 aliphatic rings. The molecule has 1 amide bonds. The molecule has 5 nitrogen and oxygen atoms in total. The number of nitrogens with two attached hydrogens (primary N) is 1. The first-order valence-electron chi connectivity index (χ1n) is 6.95. The molecule has 3 heterocycles. The van der Waals surface area contributed by atoms with Gasteiger partial charge >= 0.3 is 0 Å². The number of amides is 1. The number of thiophene rings is 1. The van der Waals surface area contributed by atoms with Gasteiger partial charge in [0, 0.05) is 11.1 Å². The summed E-state index contributed by atoms with van der Waals surface area (Å²) in [7, 11) is 0. The van der Waals surface area contributed by atoms with E-state index in [1.165, 1.54) is 21.9 Å². The lowest BCUT2D eigenvalue weighted by Crippen LogP contribution is -2.18. The van der Waals surface area contributed by atoms with Gasteiger partial charge in [-0.15, -0.1) is 11.3 Å². The number of pyridine rings is 1. The highest BCUT2D eigenvalue weighted by Gasteiger charge is 2.12. The van der Waals surface area contributed by atoms with Crippen molar-refractivity contribution in [3.05, 3.63) is 70.6 Å². The van der Waals surface area contributed by atoms with Gasteiger partial charge in [0.2, 0.25) is 5.91 Å². The predicted octanol–water partition coefficient (Wildman–Crippen LogP) is 2.68. The number of carbonyl (C=O) groups excluding carboxylic acids is 1. The van der Waals surface area contributed by atoms with Gasteiger partial charge in [-0.2, -0.15) is 0 Å². The highest BCUT2D eigenvalue weighted by Crippen LogP contribution is 2.31. The van der Waals surface area contributed by atoms with E-state index >= 15 is 0 Å². The van der Waals surface area contributed by atoms with Gasteiger partial charge in [-0.05, 0) is 23.8 Å². The number of hydrogen-bond acceptors (Lipinski definition) is 4. The third-order valence-electron chi connectivity index (χ3n) is 3.65. The molecule has 0 aliphatic carbocycles. The van der Waals surface area contributed by atoms with E-state index in [0.717, 1.165) is 10.4 Å². The summed E-state index contributed by atoms with van der Waals surface area (Å²) in [6.45, 7) is 0. The molecule has 4 rings (SSSR count). The normalized spacial score (nSPS) is 11.1. The molecule has 0 saturated heterocycles. The smallest absolute Gasteiger partial charge is 0.266 e. The summed E-state index contributed by atoms with van der Waals surface area (Å²) in [6.07, 6.45) is 1.44. The van der Waals surface area contributed by atoms with Crippen LogP contribution in [0.5, 0.6) is 0 Å². The van der Waals surface area contributed by atoms with E-state index in [9.17, 15) is 9.59 Å². The van der Waals surface area contributed by atoms with E-state index < -0.39 is 5.91 Å². The maximum absolute atomic E-state index is 12.7. The first kappa shape index (κ1) is 13.7. The minimum atomic E-state index is -0.575. The van der Waals surface area contributed by atoms with Crippen molar-refractivity contribution in [2.75, 3.05) is 0 Å². The summed E-state index contributed by atoms with van der Waals surface area (Å²) < 4.78 is 1.36. The van der Waals surface area contributed by atoms with Gasteiger partial charge in [-0.3, -0.25) is 14.0 Å². The maximum atomic E-state index is 12.7. The molecule has 3 aromatic heterocycles. The molecule has 1 aromatic carbocycles. The molecule has 0 unspecified atom stereocenters. The molecule has 4 aromatic rings. The molecule has 0 fully saturated rings. The van der Waals surface area contributed by atoms with E-state index in [4.69, 9.17) is 5.73 Å². The molecule has 0 atom stereocenters. The Balaban J connectivity index is 2.01. The van der Waals surface area contributed by atoms with E-state index in [2.05, 4.69) is 4.98 Å². The fraction of sp³-hybridized carbons (Fsp3) is 0. The van der Waals surface area contributed by atoms with Crippen molar-refractivity contribution < 1.29 is 4.79 Å². The van der Waals surface area contributed by atoms with E-state index in [1.54, 1.807) is 12.1 Å². The summed E-state index contributed by atoms with van der Waals surface area (Å²) >= 11 is 1.47. The van der Waals surface area contributed by atoms with Crippen LogP contribution >= 0.6 is 11.3 Å². The lowest BCUT2D eigenvalue weighted by atomic mass is 10.2. The fourth-order valence-electron chi connectivity index (χ4n) is 2.49. The predicted molar refractivity (Wildman–Crippen MR) is 90.8 cm³/mol. The van der Waals surface area contributed by atoms with Crippen LogP contribution in [-0.4, -0.2) is 15.3 Å². The van der Waals surface area contributed by atoms with Crippen molar-refractivity contribution >= 4 is 33.1 Å². The Bertz CT molecular complexity index is 1110. The molecule has 0 radical (unpaired) electrons. The van der Waals surface area contributed by atoms with Crippen molar-refractivity contribution in [2.45, 2.75) is 0 Å². The number of hydrogen-bond donors (Lipinski definition) is 1. The van der Waals surface area contributed by atoms with Crippen molar-refractivity contribution in [2.24, 2.45) is 5.73 Å². The molecule has 0 saturated carbocycles. The zero-order chi connectivity index (χ0) is 16.0. The van der Waals surface area contributed by atoms with Gasteiger partial charge < -0.3 is 5.73 Å². The second kappa shape index (κ2) is 5.03. The molecule has 0 bridgehead atoms. The van der Waals surface area contributed by atoms with E-state index in [1.807, 2.05) is 36.4 Å². The number of nitrogens with zero attached hydrogens (tertiary/aromatic N) is 2. The molecule has 23 heavy (non-hydrogen) atoms. The van der Waals surface area contributed by atoms with Gasteiger partial charge in [-0.1, -0.05) is 30.3 Å².